The molecule has 0 radical (unpaired) electrons. The van der Waals surface area contributed by atoms with Gasteiger partial charge in [-0.2, -0.15) is 0 Å². The van der Waals surface area contributed by atoms with Crippen LogP contribution in [0.4, 0.5) is 11.5 Å². The number of pyridine rings is 1. The molecule has 1 fully saturated rings. The van der Waals surface area contributed by atoms with E-state index in [0.29, 0.717) is 12.0 Å². The van der Waals surface area contributed by atoms with E-state index in [4.69, 9.17) is 14.5 Å². The average Bonchev–Trinajstić information content (AvgIpc) is 2.88. The maximum Gasteiger partial charge on any atom is 0.136 e. The number of fused-ring (bicyclic) bond motifs is 1. The minimum atomic E-state index is 0.521. The van der Waals surface area contributed by atoms with E-state index < -0.39 is 0 Å². The van der Waals surface area contributed by atoms with Crippen LogP contribution in [0.3, 0.4) is 0 Å². The van der Waals surface area contributed by atoms with E-state index in [9.17, 15) is 0 Å². The highest BCUT2D eigenvalue weighted by Crippen LogP contribution is 2.34. The van der Waals surface area contributed by atoms with Gasteiger partial charge in [0.05, 0.1) is 24.2 Å². The van der Waals surface area contributed by atoms with Crippen LogP contribution < -0.4 is 25.0 Å². The lowest BCUT2D eigenvalue weighted by molar-refractivity contribution is 0.307. The molecule has 182 valence electrons. The Hall–Kier alpha value is -2.51. The molecule has 1 aliphatic rings. The molecule has 7 heteroatoms. The van der Waals surface area contributed by atoms with Crippen LogP contribution in [0.1, 0.15) is 31.2 Å². The fourth-order valence-electron chi connectivity index (χ4n) is 4.94. The lowest BCUT2D eigenvalue weighted by Gasteiger charge is -2.35. The van der Waals surface area contributed by atoms with Gasteiger partial charge in [-0.3, -0.25) is 0 Å². The number of aromatic nitrogens is 1. The summed E-state index contributed by atoms with van der Waals surface area (Å²) in [4.78, 5) is 7.32. The van der Waals surface area contributed by atoms with Crippen molar-refractivity contribution in [3.8, 4) is 11.5 Å². The smallest absolute Gasteiger partial charge is 0.136 e. The van der Waals surface area contributed by atoms with Gasteiger partial charge in [0.15, 0.2) is 0 Å². The minimum absolute atomic E-state index is 0.521. The van der Waals surface area contributed by atoms with Crippen LogP contribution in [0.2, 0.25) is 0 Å². The molecule has 1 aromatic heterocycles. The number of anilines is 2. The largest absolute Gasteiger partial charge is 0.496 e. The summed E-state index contributed by atoms with van der Waals surface area (Å²) in [6.45, 7) is 1.79. The maximum atomic E-state index is 5.55. The topological polar surface area (TPSA) is 58.7 Å². The molecule has 0 spiro atoms. The standard InChI is InChI=1S/C27H35BrN4O2/c1-29-24-14-27(31-23-8-6-5-7-21(23)24)32(2)20-11-9-18(10-12-20)16-30-17-19-13-22(28)26(34-4)15-25(19)33-3/h5-8,13-15,18,20,30H,9-12,16-17H2,1-4H3,(H,29,31). The van der Waals surface area contributed by atoms with E-state index in [0.717, 1.165) is 57.0 Å². The molecule has 3 aromatic rings. The normalized spacial score (nSPS) is 18.0. The Morgan fingerprint density at radius 3 is 2.47 bits per heavy atom. The predicted octanol–water partition coefficient (Wildman–Crippen LogP) is 5.84. The van der Waals surface area contributed by atoms with Crippen molar-refractivity contribution in [2.45, 2.75) is 38.3 Å². The van der Waals surface area contributed by atoms with Gasteiger partial charge in [0.2, 0.25) is 0 Å². The van der Waals surface area contributed by atoms with Gasteiger partial charge in [0.25, 0.3) is 0 Å². The lowest BCUT2D eigenvalue weighted by atomic mass is 9.85. The molecule has 4 rings (SSSR count). The summed E-state index contributed by atoms with van der Waals surface area (Å²) in [5.74, 6) is 3.36. The summed E-state index contributed by atoms with van der Waals surface area (Å²) in [6, 6.07) is 15.0. The van der Waals surface area contributed by atoms with E-state index in [1.165, 1.54) is 25.7 Å². The molecular weight excluding hydrogens is 492 g/mol. The number of nitrogens with zero attached hydrogens (tertiary/aromatic N) is 2. The quantitative estimate of drug-likeness (QED) is 0.365. The Bertz CT molecular complexity index is 1120. The molecule has 34 heavy (non-hydrogen) atoms. The Morgan fingerprint density at radius 1 is 1.03 bits per heavy atom. The monoisotopic (exact) mass is 526 g/mol. The highest BCUT2D eigenvalue weighted by Gasteiger charge is 2.25. The number of halogens is 1. The fourth-order valence-corrected chi connectivity index (χ4v) is 5.50. The SMILES string of the molecule is CNc1cc(N(C)C2CCC(CNCc3cc(Br)c(OC)cc3OC)CC2)nc2ccccc12. The molecule has 0 atom stereocenters. The van der Waals surface area contributed by atoms with Crippen LogP contribution >= 0.6 is 15.9 Å². The van der Waals surface area contributed by atoms with E-state index in [-0.39, 0.29) is 0 Å². The second-order valence-electron chi connectivity index (χ2n) is 9.01. The van der Waals surface area contributed by atoms with Gasteiger partial charge >= 0.3 is 0 Å². The molecule has 0 unspecified atom stereocenters. The molecule has 2 N–H and O–H groups in total. The van der Waals surface area contributed by atoms with Gasteiger partial charge in [-0.05, 0) is 66.2 Å². The summed E-state index contributed by atoms with van der Waals surface area (Å²) < 4.78 is 11.9. The number of ether oxygens (including phenoxy) is 2. The van der Waals surface area contributed by atoms with Crippen molar-refractivity contribution in [3.63, 3.8) is 0 Å². The van der Waals surface area contributed by atoms with Crippen molar-refractivity contribution in [2.75, 3.05) is 45.1 Å². The van der Waals surface area contributed by atoms with Gasteiger partial charge in [-0.1, -0.05) is 18.2 Å². The Kier molecular flexibility index (Phi) is 8.16. The van der Waals surface area contributed by atoms with Crippen molar-refractivity contribution in [1.82, 2.24) is 10.3 Å². The highest BCUT2D eigenvalue weighted by molar-refractivity contribution is 9.10. The minimum Gasteiger partial charge on any atom is -0.496 e. The van der Waals surface area contributed by atoms with Crippen LogP contribution in [-0.2, 0) is 6.54 Å². The van der Waals surface area contributed by atoms with Gasteiger partial charge < -0.3 is 25.0 Å². The molecule has 0 aliphatic heterocycles. The highest BCUT2D eigenvalue weighted by atomic mass is 79.9. The van der Waals surface area contributed by atoms with Crippen LogP contribution in [0.25, 0.3) is 10.9 Å². The average molecular weight is 528 g/mol. The molecule has 2 aromatic carbocycles. The molecule has 1 aliphatic carbocycles. The fraction of sp³-hybridized carbons (Fsp3) is 0.444. The third-order valence-corrected chi connectivity index (χ3v) is 7.62. The van der Waals surface area contributed by atoms with Crippen molar-refractivity contribution >= 4 is 38.3 Å². The summed E-state index contributed by atoms with van der Waals surface area (Å²) >= 11 is 3.58. The van der Waals surface area contributed by atoms with E-state index in [1.54, 1.807) is 14.2 Å². The lowest BCUT2D eigenvalue weighted by Crippen LogP contribution is -2.37. The second-order valence-corrected chi connectivity index (χ2v) is 9.86. The first-order chi connectivity index (χ1) is 16.5. The number of hydrogen-bond donors (Lipinski definition) is 2. The van der Waals surface area contributed by atoms with Crippen LogP contribution in [0, 0.1) is 5.92 Å². The third kappa shape index (κ3) is 5.41. The van der Waals surface area contributed by atoms with Crippen molar-refractivity contribution in [1.29, 1.82) is 0 Å². The molecule has 0 bridgehead atoms. The molecule has 0 saturated heterocycles. The first kappa shape index (κ1) is 24.6. The predicted molar refractivity (Wildman–Crippen MR) is 144 cm³/mol. The van der Waals surface area contributed by atoms with Gasteiger partial charge in [0.1, 0.15) is 17.3 Å². The van der Waals surface area contributed by atoms with E-state index >= 15 is 0 Å². The molecule has 1 heterocycles. The van der Waals surface area contributed by atoms with Gasteiger partial charge in [-0.25, -0.2) is 4.98 Å². The zero-order valence-corrected chi connectivity index (χ0v) is 22.1. The Labute approximate surface area is 211 Å². The van der Waals surface area contributed by atoms with Crippen LogP contribution in [0.15, 0.2) is 46.9 Å². The second kappa shape index (κ2) is 11.3. The molecule has 6 nitrogen and oxygen atoms in total. The molecule has 0 amide bonds. The van der Waals surface area contributed by atoms with Crippen LogP contribution in [-0.4, -0.2) is 45.9 Å². The summed E-state index contributed by atoms with van der Waals surface area (Å²) in [5.41, 5.74) is 3.30. The summed E-state index contributed by atoms with van der Waals surface area (Å²) in [7, 11) is 7.53. The van der Waals surface area contributed by atoms with Crippen LogP contribution in [0.5, 0.6) is 11.5 Å². The van der Waals surface area contributed by atoms with Gasteiger partial charge in [0, 0.05) is 55.5 Å². The molecular formula is C27H35BrN4O2. The first-order valence-corrected chi connectivity index (χ1v) is 12.7. The zero-order chi connectivity index (χ0) is 24.1. The third-order valence-electron chi connectivity index (χ3n) is 7.00. The Balaban J connectivity index is 1.32. The first-order valence-electron chi connectivity index (χ1n) is 12.0. The van der Waals surface area contributed by atoms with Crippen molar-refractivity contribution < 1.29 is 9.47 Å². The summed E-state index contributed by atoms with van der Waals surface area (Å²) in [5, 5.41) is 8.15. The maximum absolute atomic E-state index is 5.55. The number of nitrogens with one attached hydrogen (secondary N) is 2. The molecule has 1 saturated carbocycles. The van der Waals surface area contributed by atoms with Gasteiger partial charge in [-0.15, -0.1) is 0 Å². The Morgan fingerprint density at radius 2 is 1.76 bits per heavy atom. The number of para-hydroxylation sites is 1. The van der Waals surface area contributed by atoms with E-state index in [2.05, 4.69) is 74.9 Å². The number of hydrogen-bond acceptors (Lipinski definition) is 6. The number of benzene rings is 2. The number of methoxy groups -OCH3 is 2. The van der Waals surface area contributed by atoms with E-state index in [1.807, 2.05) is 13.1 Å². The number of rotatable bonds is 9. The summed E-state index contributed by atoms with van der Waals surface area (Å²) in [6.07, 6.45) is 4.81. The van der Waals surface area contributed by atoms with Crippen molar-refractivity contribution in [2.24, 2.45) is 5.92 Å². The van der Waals surface area contributed by atoms with Crippen molar-refractivity contribution in [3.05, 3.63) is 52.5 Å². The zero-order valence-electron chi connectivity index (χ0n) is 20.5.